The summed E-state index contributed by atoms with van der Waals surface area (Å²) in [5, 5.41) is 9.73. The number of aliphatic hydroxyl groups is 1. The van der Waals surface area contributed by atoms with E-state index in [0.29, 0.717) is 16.8 Å². The first-order valence-electron chi connectivity index (χ1n) is 8.49. The summed E-state index contributed by atoms with van der Waals surface area (Å²) in [5.41, 5.74) is 1.02. The number of hydrogen-bond donors (Lipinski definition) is 1. The maximum absolute atomic E-state index is 13.2. The Morgan fingerprint density at radius 1 is 1.08 bits per heavy atom. The second-order valence-corrected chi connectivity index (χ2v) is 8.11. The molecule has 1 aromatic carbocycles. The van der Waals surface area contributed by atoms with Crippen molar-refractivity contribution in [2.24, 2.45) is 5.41 Å². The van der Waals surface area contributed by atoms with Crippen LogP contribution in [0, 0.1) is 12.3 Å². The zero-order chi connectivity index (χ0) is 19.0. The molecule has 0 fully saturated rings. The molecule has 4 nitrogen and oxygen atoms in total. The maximum Gasteiger partial charge on any atom is 0.251 e. The van der Waals surface area contributed by atoms with Crippen LogP contribution in [0.15, 0.2) is 41.2 Å². The number of ketones is 1. The quantitative estimate of drug-likeness (QED) is 0.861. The average Bonchev–Trinajstić information content (AvgIpc) is 2.53. The number of aliphatic hydroxyl groups excluding tert-OH is 1. The summed E-state index contributed by atoms with van der Waals surface area (Å²) < 4.78 is 1.53. The van der Waals surface area contributed by atoms with Crippen LogP contribution in [-0.2, 0) is 5.54 Å². The van der Waals surface area contributed by atoms with E-state index in [0.717, 1.165) is 5.56 Å². The van der Waals surface area contributed by atoms with Gasteiger partial charge in [0.15, 0.2) is 5.78 Å². The van der Waals surface area contributed by atoms with Gasteiger partial charge in [-0.15, -0.1) is 0 Å². The molecule has 1 N–H and O–H groups in total. The monoisotopic (exact) mass is 341 g/mol. The van der Waals surface area contributed by atoms with E-state index in [2.05, 4.69) is 0 Å². The van der Waals surface area contributed by atoms with Crippen LogP contribution in [0.3, 0.4) is 0 Å². The van der Waals surface area contributed by atoms with Crippen LogP contribution >= 0.6 is 0 Å². The largest absolute Gasteiger partial charge is 0.394 e. The molecule has 0 saturated carbocycles. The maximum atomic E-state index is 13.2. The average molecular weight is 341 g/mol. The molecule has 134 valence electrons. The first-order chi connectivity index (χ1) is 11.5. The van der Waals surface area contributed by atoms with Crippen molar-refractivity contribution in [3.63, 3.8) is 0 Å². The zero-order valence-electron chi connectivity index (χ0n) is 15.9. The third kappa shape index (κ3) is 3.59. The van der Waals surface area contributed by atoms with Gasteiger partial charge in [-0.1, -0.05) is 51.1 Å². The molecular weight excluding hydrogens is 314 g/mol. The minimum Gasteiger partial charge on any atom is -0.394 e. The molecule has 0 atom stereocenters. The fraction of sp³-hybridized carbons (Fsp3) is 0.429. The molecule has 2 rings (SSSR count). The molecule has 0 radical (unpaired) electrons. The Bertz CT molecular complexity index is 840. The van der Waals surface area contributed by atoms with Crippen LogP contribution in [0.25, 0.3) is 11.1 Å². The van der Waals surface area contributed by atoms with Crippen molar-refractivity contribution < 1.29 is 9.90 Å². The van der Waals surface area contributed by atoms with Crippen LogP contribution in [0.4, 0.5) is 0 Å². The predicted molar refractivity (Wildman–Crippen MR) is 101 cm³/mol. The number of nitrogens with zero attached hydrogens (tertiary/aromatic N) is 1. The molecule has 0 aliphatic carbocycles. The molecule has 1 aromatic heterocycles. The van der Waals surface area contributed by atoms with E-state index in [1.807, 2.05) is 51.1 Å². The van der Waals surface area contributed by atoms with E-state index in [1.165, 1.54) is 10.6 Å². The SMILES string of the molecule is Cc1c(C(=O)C(C)(C)C)c(-c2ccccc2)cc(=O)n1C(C)(C)CO. The third-order valence-electron chi connectivity index (χ3n) is 4.44. The third-order valence-corrected chi connectivity index (χ3v) is 4.44. The predicted octanol–water partition coefficient (Wildman–Crippen LogP) is 3.78. The Morgan fingerprint density at radius 2 is 1.64 bits per heavy atom. The highest BCUT2D eigenvalue weighted by molar-refractivity contribution is 6.06. The molecule has 0 unspecified atom stereocenters. The van der Waals surface area contributed by atoms with Crippen molar-refractivity contribution in [3.05, 3.63) is 58.0 Å². The van der Waals surface area contributed by atoms with Crippen molar-refractivity contribution in [1.82, 2.24) is 4.57 Å². The molecule has 1 heterocycles. The van der Waals surface area contributed by atoms with Crippen molar-refractivity contribution in [2.75, 3.05) is 6.61 Å². The molecule has 4 heteroatoms. The fourth-order valence-electron chi connectivity index (χ4n) is 3.06. The molecule has 0 saturated heterocycles. The van der Waals surface area contributed by atoms with E-state index in [-0.39, 0.29) is 17.9 Å². The van der Waals surface area contributed by atoms with Gasteiger partial charge in [0.05, 0.1) is 12.1 Å². The summed E-state index contributed by atoms with van der Waals surface area (Å²) in [7, 11) is 0. The van der Waals surface area contributed by atoms with Gasteiger partial charge in [0, 0.05) is 22.7 Å². The van der Waals surface area contributed by atoms with Crippen LogP contribution in [0.5, 0.6) is 0 Å². The lowest BCUT2D eigenvalue weighted by Crippen LogP contribution is -2.42. The van der Waals surface area contributed by atoms with E-state index in [1.54, 1.807) is 20.8 Å². The van der Waals surface area contributed by atoms with Gasteiger partial charge in [-0.25, -0.2) is 0 Å². The van der Waals surface area contributed by atoms with Crippen molar-refractivity contribution in [3.8, 4) is 11.1 Å². The molecule has 0 spiro atoms. The summed E-state index contributed by atoms with van der Waals surface area (Å²) in [6, 6.07) is 11.0. The fourth-order valence-corrected chi connectivity index (χ4v) is 3.06. The Labute approximate surface area is 149 Å². The Hall–Kier alpha value is -2.20. The topological polar surface area (TPSA) is 59.3 Å². The van der Waals surface area contributed by atoms with Gasteiger partial charge in [0.2, 0.25) is 0 Å². The number of carbonyl (C=O) groups excluding carboxylic acids is 1. The lowest BCUT2D eigenvalue weighted by Gasteiger charge is -2.30. The molecular formula is C21H27NO3. The van der Waals surface area contributed by atoms with E-state index < -0.39 is 11.0 Å². The van der Waals surface area contributed by atoms with E-state index in [9.17, 15) is 14.7 Å². The molecule has 0 bridgehead atoms. The van der Waals surface area contributed by atoms with Crippen LogP contribution < -0.4 is 5.56 Å². The van der Waals surface area contributed by atoms with Gasteiger partial charge in [0.1, 0.15) is 0 Å². The molecule has 25 heavy (non-hydrogen) atoms. The zero-order valence-corrected chi connectivity index (χ0v) is 15.9. The van der Waals surface area contributed by atoms with Gasteiger partial charge in [-0.3, -0.25) is 9.59 Å². The summed E-state index contributed by atoms with van der Waals surface area (Å²) in [6.45, 7) is 10.8. The van der Waals surface area contributed by atoms with Crippen molar-refractivity contribution in [2.45, 2.75) is 47.1 Å². The standard InChI is InChI=1S/C21H27NO3/c1-14-18(19(25)20(2,3)4)16(15-10-8-7-9-11-15)12-17(24)22(14)21(5,6)13-23/h7-12,23H,13H2,1-6H3. The van der Waals surface area contributed by atoms with Crippen molar-refractivity contribution in [1.29, 1.82) is 0 Å². The number of carbonyl (C=O) groups is 1. The summed E-state index contributed by atoms with van der Waals surface area (Å²) in [5.74, 6) is -0.0219. The smallest absolute Gasteiger partial charge is 0.251 e. The van der Waals surface area contributed by atoms with Crippen molar-refractivity contribution >= 4 is 5.78 Å². The lowest BCUT2D eigenvalue weighted by molar-refractivity contribution is 0.0855. The van der Waals surface area contributed by atoms with Crippen LogP contribution in [0.2, 0.25) is 0 Å². The highest BCUT2D eigenvalue weighted by Crippen LogP contribution is 2.32. The minimum absolute atomic E-state index is 0.0219. The van der Waals surface area contributed by atoms with Gasteiger partial charge in [0.25, 0.3) is 5.56 Å². The first-order valence-corrected chi connectivity index (χ1v) is 8.49. The van der Waals surface area contributed by atoms with Gasteiger partial charge in [-0.2, -0.15) is 0 Å². The van der Waals surface area contributed by atoms with Gasteiger partial charge < -0.3 is 9.67 Å². The summed E-state index contributed by atoms with van der Waals surface area (Å²) in [6.07, 6.45) is 0. The molecule has 0 amide bonds. The highest BCUT2D eigenvalue weighted by Gasteiger charge is 2.32. The normalized spacial score (nSPS) is 12.3. The van der Waals surface area contributed by atoms with E-state index >= 15 is 0 Å². The molecule has 2 aromatic rings. The van der Waals surface area contributed by atoms with Gasteiger partial charge >= 0.3 is 0 Å². The second-order valence-electron chi connectivity index (χ2n) is 8.11. The van der Waals surface area contributed by atoms with E-state index in [4.69, 9.17) is 0 Å². The van der Waals surface area contributed by atoms with Crippen LogP contribution in [0.1, 0.15) is 50.7 Å². The highest BCUT2D eigenvalue weighted by atomic mass is 16.3. The first kappa shape index (κ1) is 19.1. The number of Topliss-reactive ketones (excluding diaryl/α,β-unsaturated/α-hetero) is 1. The summed E-state index contributed by atoms with van der Waals surface area (Å²) in [4.78, 5) is 26.0. The second kappa shape index (κ2) is 6.60. The molecule has 0 aliphatic rings. The number of pyridine rings is 1. The number of rotatable bonds is 4. The number of hydrogen-bond acceptors (Lipinski definition) is 3. The number of benzene rings is 1. The van der Waals surface area contributed by atoms with Crippen LogP contribution in [-0.4, -0.2) is 22.1 Å². The summed E-state index contributed by atoms with van der Waals surface area (Å²) >= 11 is 0. The Kier molecular flexibility index (Phi) is 5.05. The minimum atomic E-state index is -0.788. The number of aromatic nitrogens is 1. The Morgan fingerprint density at radius 3 is 2.12 bits per heavy atom. The molecule has 0 aliphatic heterocycles. The lowest BCUT2D eigenvalue weighted by atomic mass is 9.82. The Balaban J connectivity index is 2.91. The van der Waals surface area contributed by atoms with Gasteiger partial charge in [-0.05, 0) is 31.9 Å².